The van der Waals surface area contributed by atoms with E-state index in [0.717, 1.165) is 5.92 Å². The van der Waals surface area contributed by atoms with E-state index in [4.69, 9.17) is 5.73 Å². The number of hydrogen-bond donors (Lipinski definition) is 1. The van der Waals surface area contributed by atoms with Crippen LogP contribution in [0.25, 0.3) is 0 Å². The standard InChI is InChI=1S/C18H30N2/c1-13-9-5-7-11-16(13)18(15(3)19)20(4)17-12-8-6-10-14(17)2/h5,7,9,11,14-15,17-18H,6,8,10,12,19H2,1-4H3. The third kappa shape index (κ3) is 3.24. The first-order valence-corrected chi connectivity index (χ1v) is 8.05. The van der Waals surface area contributed by atoms with Crippen molar-refractivity contribution < 1.29 is 0 Å². The Morgan fingerprint density at radius 3 is 2.45 bits per heavy atom. The Balaban J connectivity index is 2.26. The van der Waals surface area contributed by atoms with E-state index in [1.54, 1.807) is 0 Å². The fourth-order valence-electron chi connectivity index (χ4n) is 3.90. The van der Waals surface area contributed by atoms with Crippen molar-refractivity contribution in [2.75, 3.05) is 7.05 Å². The van der Waals surface area contributed by atoms with Crippen molar-refractivity contribution in [3.8, 4) is 0 Å². The van der Waals surface area contributed by atoms with E-state index in [9.17, 15) is 0 Å². The molecule has 0 radical (unpaired) electrons. The lowest BCUT2D eigenvalue weighted by atomic mass is 9.83. The summed E-state index contributed by atoms with van der Waals surface area (Å²) in [7, 11) is 2.27. The lowest BCUT2D eigenvalue weighted by molar-refractivity contribution is 0.0857. The fourth-order valence-corrected chi connectivity index (χ4v) is 3.90. The van der Waals surface area contributed by atoms with Crippen LogP contribution in [0.15, 0.2) is 24.3 Å². The summed E-state index contributed by atoms with van der Waals surface area (Å²) >= 11 is 0. The second kappa shape index (κ2) is 6.73. The van der Waals surface area contributed by atoms with Gasteiger partial charge in [-0.3, -0.25) is 4.90 Å². The quantitative estimate of drug-likeness (QED) is 0.902. The highest BCUT2D eigenvalue weighted by atomic mass is 15.2. The van der Waals surface area contributed by atoms with Crippen LogP contribution in [0.1, 0.15) is 56.7 Å². The molecule has 0 spiro atoms. The molecule has 1 aliphatic carbocycles. The predicted molar refractivity (Wildman–Crippen MR) is 86.8 cm³/mol. The molecule has 1 aromatic carbocycles. The van der Waals surface area contributed by atoms with Gasteiger partial charge in [0.15, 0.2) is 0 Å². The molecule has 4 atom stereocenters. The molecule has 1 aliphatic rings. The summed E-state index contributed by atoms with van der Waals surface area (Å²) in [6, 6.07) is 9.82. The van der Waals surface area contributed by atoms with Gasteiger partial charge in [0.1, 0.15) is 0 Å². The van der Waals surface area contributed by atoms with Gasteiger partial charge in [-0.25, -0.2) is 0 Å². The topological polar surface area (TPSA) is 29.3 Å². The molecule has 0 heterocycles. The summed E-state index contributed by atoms with van der Waals surface area (Å²) in [5, 5.41) is 0. The normalized spacial score (nSPS) is 26.5. The molecule has 2 N–H and O–H groups in total. The number of likely N-dealkylation sites (N-methyl/N-ethyl adjacent to an activating group) is 1. The minimum atomic E-state index is 0.148. The van der Waals surface area contributed by atoms with Gasteiger partial charge in [-0.15, -0.1) is 0 Å². The maximum Gasteiger partial charge on any atom is 0.0499 e. The average molecular weight is 274 g/mol. The molecule has 0 saturated heterocycles. The molecule has 0 amide bonds. The Labute approximate surface area is 124 Å². The summed E-state index contributed by atoms with van der Waals surface area (Å²) < 4.78 is 0. The SMILES string of the molecule is Cc1ccccc1C(C(C)N)N(C)C1CCCCC1C. The number of nitrogens with two attached hydrogens (primary N) is 1. The third-order valence-corrected chi connectivity index (χ3v) is 5.03. The minimum absolute atomic E-state index is 0.148. The molecule has 0 aromatic heterocycles. The van der Waals surface area contributed by atoms with Gasteiger partial charge in [-0.05, 0) is 50.8 Å². The maximum atomic E-state index is 6.35. The molecule has 2 rings (SSSR count). The number of rotatable bonds is 4. The number of aryl methyl sites for hydroxylation is 1. The van der Waals surface area contributed by atoms with Crippen molar-refractivity contribution in [2.24, 2.45) is 11.7 Å². The van der Waals surface area contributed by atoms with E-state index in [2.05, 4.69) is 57.0 Å². The zero-order valence-electron chi connectivity index (χ0n) is 13.5. The van der Waals surface area contributed by atoms with E-state index < -0.39 is 0 Å². The minimum Gasteiger partial charge on any atom is -0.326 e. The van der Waals surface area contributed by atoms with Gasteiger partial charge >= 0.3 is 0 Å². The highest BCUT2D eigenvalue weighted by Crippen LogP contribution is 2.34. The fraction of sp³-hybridized carbons (Fsp3) is 0.667. The van der Waals surface area contributed by atoms with Crippen LogP contribution in [0.3, 0.4) is 0 Å². The van der Waals surface area contributed by atoms with Crippen LogP contribution < -0.4 is 5.73 Å². The zero-order valence-corrected chi connectivity index (χ0v) is 13.5. The Morgan fingerprint density at radius 2 is 1.85 bits per heavy atom. The summed E-state index contributed by atoms with van der Waals surface area (Å²) in [5.74, 6) is 0.777. The van der Waals surface area contributed by atoms with E-state index in [-0.39, 0.29) is 6.04 Å². The van der Waals surface area contributed by atoms with Crippen molar-refractivity contribution >= 4 is 0 Å². The smallest absolute Gasteiger partial charge is 0.0499 e. The monoisotopic (exact) mass is 274 g/mol. The van der Waals surface area contributed by atoms with Crippen molar-refractivity contribution in [3.63, 3.8) is 0 Å². The van der Waals surface area contributed by atoms with Gasteiger partial charge in [0.25, 0.3) is 0 Å². The number of hydrogen-bond acceptors (Lipinski definition) is 2. The van der Waals surface area contributed by atoms with Gasteiger partial charge < -0.3 is 5.73 Å². The average Bonchev–Trinajstić information content (AvgIpc) is 2.41. The van der Waals surface area contributed by atoms with Gasteiger partial charge in [0.2, 0.25) is 0 Å². The summed E-state index contributed by atoms with van der Waals surface area (Å²) in [4.78, 5) is 2.55. The van der Waals surface area contributed by atoms with Crippen molar-refractivity contribution in [1.29, 1.82) is 0 Å². The first-order chi connectivity index (χ1) is 9.52. The molecular formula is C18H30N2. The molecular weight excluding hydrogens is 244 g/mol. The second-order valence-corrected chi connectivity index (χ2v) is 6.66. The second-order valence-electron chi connectivity index (χ2n) is 6.66. The van der Waals surface area contributed by atoms with E-state index in [1.165, 1.54) is 36.8 Å². The molecule has 0 bridgehead atoms. The third-order valence-electron chi connectivity index (χ3n) is 5.03. The molecule has 20 heavy (non-hydrogen) atoms. The Kier molecular flexibility index (Phi) is 5.22. The van der Waals surface area contributed by atoms with E-state index in [1.807, 2.05) is 0 Å². The molecule has 2 nitrogen and oxygen atoms in total. The van der Waals surface area contributed by atoms with E-state index >= 15 is 0 Å². The Morgan fingerprint density at radius 1 is 1.20 bits per heavy atom. The van der Waals surface area contributed by atoms with Crippen molar-refractivity contribution in [2.45, 2.75) is 64.6 Å². The summed E-state index contributed by atoms with van der Waals surface area (Å²) in [6.45, 7) is 6.74. The molecule has 112 valence electrons. The van der Waals surface area contributed by atoms with Crippen LogP contribution in [0.5, 0.6) is 0 Å². The number of nitrogens with zero attached hydrogens (tertiary/aromatic N) is 1. The van der Waals surface area contributed by atoms with Gasteiger partial charge in [-0.2, -0.15) is 0 Å². The lowest BCUT2D eigenvalue weighted by Crippen LogP contribution is -2.46. The molecule has 2 heteroatoms. The predicted octanol–water partition coefficient (Wildman–Crippen LogP) is 3.89. The van der Waals surface area contributed by atoms with Gasteiger partial charge in [0, 0.05) is 18.1 Å². The molecule has 1 fully saturated rings. The van der Waals surface area contributed by atoms with Crippen molar-refractivity contribution in [1.82, 2.24) is 4.90 Å². The first-order valence-electron chi connectivity index (χ1n) is 8.05. The largest absolute Gasteiger partial charge is 0.326 e. The van der Waals surface area contributed by atoms with Crippen LogP contribution in [0, 0.1) is 12.8 Å². The summed E-state index contributed by atoms with van der Waals surface area (Å²) in [5.41, 5.74) is 9.09. The van der Waals surface area contributed by atoms with Crippen LogP contribution >= 0.6 is 0 Å². The van der Waals surface area contributed by atoms with Gasteiger partial charge in [-0.1, -0.05) is 44.0 Å². The maximum absolute atomic E-state index is 6.35. The van der Waals surface area contributed by atoms with Crippen LogP contribution in [-0.4, -0.2) is 24.0 Å². The molecule has 0 aliphatic heterocycles. The Hall–Kier alpha value is -0.860. The highest BCUT2D eigenvalue weighted by Gasteiger charge is 2.32. The van der Waals surface area contributed by atoms with Crippen molar-refractivity contribution in [3.05, 3.63) is 35.4 Å². The van der Waals surface area contributed by atoms with Gasteiger partial charge in [0.05, 0.1) is 0 Å². The van der Waals surface area contributed by atoms with Crippen LogP contribution in [-0.2, 0) is 0 Å². The van der Waals surface area contributed by atoms with Crippen LogP contribution in [0.2, 0.25) is 0 Å². The Bertz CT molecular complexity index is 427. The molecule has 4 unspecified atom stereocenters. The van der Waals surface area contributed by atoms with Crippen LogP contribution in [0.4, 0.5) is 0 Å². The first kappa shape index (κ1) is 15.5. The highest BCUT2D eigenvalue weighted by molar-refractivity contribution is 5.30. The molecule has 1 aromatic rings. The zero-order chi connectivity index (χ0) is 14.7. The summed E-state index contributed by atoms with van der Waals surface area (Å²) in [6.07, 6.45) is 5.42. The lowest BCUT2D eigenvalue weighted by Gasteiger charge is -2.42. The molecule has 1 saturated carbocycles. The number of benzene rings is 1. The van der Waals surface area contributed by atoms with E-state index in [0.29, 0.717) is 12.1 Å².